The van der Waals surface area contributed by atoms with Gasteiger partial charge in [0.05, 0.1) is 6.10 Å². The van der Waals surface area contributed by atoms with Crippen LogP contribution in [-0.4, -0.2) is 47.3 Å². The molecule has 0 aromatic rings. The van der Waals surface area contributed by atoms with Crippen LogP contribution in [0.5, 0.6) is 0 Å². The van der Waals surface area contributed by atoms with Gasteiger partial charge in [-0.05, 0) is 57.5 Å². The van der Waals surface area contributed by atoms with Gasteiger partial charge in [0.25, 0.3) is 0 Å². The summed E-state index contributed by atoms with van der Waals surface area (Å²) in [6.07, 6.45) is 12.8. The summed E-state index contributed by atoms with van der Waals surface area (Å²) in [5.74, 6) is 0.892. The van der Waals surface area contributed by atoms with Gasteiger partial charge >= 0.3 is 0 Å². The Hall–Kier alpha value is -0.120. The summed E-state index contributed by atoms with van der Waals surface area (Å²) < 4.78 is 0. The first kappa shape index (κ1) is 15.8. The molecule has 3 fully saturated rings. The van der Waals surface area contributed by atoms with Gasteiger partial charge in [-0.3, -0.25) is 0 Å². The van der Waals surface area contributed by atoms with Crippen LogP contribution in [0.25, 0.3) is 0 Å². The monoisotopic (exact) mass is 294 g/mol. The minimum Gasteiger partial charge on any atom is -0.392 e. The van der Waals surface area contributed by atoms with Gasteiger partial charge < -0.3 is 15.3 Å². The number of nitrogens with one attached hydrogen (secondary N) is 1. The van der Waals surface area contributed by atoms with Crippen LogP contribution in [0.3, 0.4) is 0 Å². The summed E-state index contributed by atoms with van der Waals surface area (Å²) in [4.78, 5) is 2.76. The summed E-state index contributed by atoms with van der Waals surface area (Å²) in [6, 6.07) is 1.85. The highest BCUT2D eigenvalue weighted by Crippen LogP contribution is 2.30. The second-order valence-electron chi connectivity index (χ2n) is 7.76. The Kier molecular flexibility index (Phi) is 5.58. The van der Waals surface area contributed by atoms with Crippen LogP contribution in [0, 0.1) is 5.92 Å². The summed E-state index contributed by atoms with van der Waals surface area (Å²) in [5.41, 5.74) is 0. The predicted molar refractivity (Wildman–Crippen MR) is 87.4 cm³/mol. The highest BCUT2D eigenvalue weighted by Gasteiger charge is 2.32. The number of likely N-dealkylation sites (tertiary alicyclic amines) is 1. The molecule has 0 aromatic carbocycles. The number of aliphatic hydroxyl groups is 1. The van der Waals surface area contributed by atoms with Crippen molar-refractivity contribution in [2.75, 3.05) is 13.1 Å². The third kappa shape index (κ3) is 4.00. The molecule has 1 heterocycles. The Labute approximate surface area is 130 Å². The fourth-order valence-electron chi connectivity index (χ4n) is 4.85. The van der Waals surface area contributed by atoms with Gasteiger partial charge in [0.15, 0.2) is 0 Å². The first-order chi connectivity index (χ1) is 10.2. The van der Waals surface area contributed by atoms with Gasteiger partial charge in [-0.25, -0.2) is 0 Å². The average Bonchev–Trinajstić information content (AvgIpc) is 2.51. The summed E-state index contributed by atoms with van der Waals surface area (Å²) in [5, 5.41) is 13.9. The van der Waals surface area contributed by atoms with E-state index in [1.165, 1.54) is 70.9 Å². The lowest BCUT2D eigenvalue weighted by Crippen LogP contribution is -2.53. The van der Waals surface area contributed by atoms with Crippen molar-refractivity contribution in [1.29, 1.82) is 0 Å². The van der Waals surface area contributed by atoms with Crippen molar-refractivity contribution in [2.45, 2.75) is 95.4 Å². The standard InChI is InChI=1S/C18H34N2O/c1-14-6-2-4-8-17(14)20-12-10-15(11-13-20)19-16-7-3-5-9-18(16)21/h14-19,21H,2-13H2,1H3. The lowest BCUT2D eigenvalue weighted by atomic mass is 9.83. The first-order valence-corrected chi connectivity index (χ1v) is 9.42. The molecule has 0 spiro atoms. The Bertz CT molecular complexity index is 314. The minimum atomic E-state index is -0.102. The number of piperidine rings is 1. The highest BCUT2D eigenvalue weighted by atomic mass is 16.3. The maximum atomic E-state index is 10.1. The van der Waals surface area contributed by atoms with Crippen molar-refractivity contribution >= 4 is 0 Å². The molecule has 122 valence electrons. The molecule has 21 heavy (non-hydrogen) atoms. The number of hydrogen-bond acceptors (Lipinski definition) is 3. The van der Waals surface area contributed by atoms with E-state index in [4.69, 9.17) is 0 Å². The van der Waals surface area contributed by atoms with Gasteiger partial charge in [0.1, 0.15) is 0 Å². The molecule has 0 amide bonds. The molecule has 1 saturated heterocycles. The lowest BCUT2D eigenvalue weighted by Gasteiger charge is -2.43. The smallest absolute Gasteiger partial charge is 0.0693 e. The molecule has 2 saturated carbocycles. The first-order valence-electron chi connectivity index (χ1n) is 9.42. The molecule has 4 unspecified atom stereocenters. The molecule has 2 N–H and O–H groups in total. The number of aliphatic hydroxyl groups excluding tert-OH is 1. The summed E-state index contributed by atoms with van der Waals surface area (Å²) in [6.45, 7) is 4.97. The van der Waals surface area contributed by atoms with Crippen LogP contribution in [0.15, 0.2) is 0 Å². The molecule has 1 aliphatic heterocycles. The van der Waals surface area contributed by atoms with Crippen LogP contribution in [0.2, 0.25) is 0 Å². The molecule has 0 radical (unpaired) electrons. The van der Waals surface area contributed by atoms with Gasteiger partial charge in [-0.2, -0.15) is 0 Å². The van der Waals surface area contributed by atoms with Crippen molar-refractivity contribution in [3.63, 3.8) is 0 Å². The van der Waals surface area contributed by atoms with E-state index in [2.05, 4.69) is 17.1 Å². The largest absolute Gasteiger partial charge is 0.392 e. The van der Waals surface area contributed by atoms with E-state index in [0.29, 0.717) is 12.1 Å². The molecular weight excluding hydrogens is 260 g/mol. The zero-order valence-electron chi connectivity index (χ0n) is 13.8. The van der Waals surface area contributed by atoms with E-state index in [1.54, 1.807) is 0 Å². The quantitative estimate of drug-likeness (QED) is 0.840. The molecule has 3 nitrogen and oxygen atoms in total. The minimum absolute atomic E-state index is 0.102. The van der Waals surface area contributed by atoms with Crippen molar-refractivity contribution < 1.29 is 5.11 Å². The number of hydrogen-bond donors (Lipinski definition) is 2. The molecule has 3 aliphatic rings. The average molecular weight is 294 g/mol. The zero-order chi connectivity index (χ0) is 14.7. The van der Waals surface area contributed by atoms with E-state index in [1.807, 2.05) is 0 Å². The van der Waals surface area contributed by atoms with Crippen LogP contribution < -0.4 is 5.32 Å². The van der Waals surface area contributed by atoms with Crippen molar-refractivity contribution in [3.8, 4) is 0 Å². The van der Waals surface area contributed by atoms with E-state index in [9.17, 15) is 5.11 Å². The summed E-state index contributed by atoms with van der Waals surface area (Å²) in [7, 11) is 0. The van der Waals surface area contributed by atoms with Crippen molar-refractivity contribution in [1.82, 2.24) is 10.2 Å². The Morgan fingerprint density at radius 2 is 1.52 bits per heavy atom. The highest BCUT2D eigenvalue weighted by molar-refractivity contribution is 4.89. The SMILES string of the molecule is CC1CCCCC1N1CCC(NC2CCCCC2O)CC1. The molecule has 4 atom stereocenters. The Morgan fingerprint density at radius 1 is 0.857 bits per heavy atom. The third-order valence-corrected chi connectivity index (χ3v) is 6.24. The zero-order valence-corrected chi connectivity index (χ0v) is 13.8. The second-order valence-corrected chi connectivity index (χ2v) is 7.76. The number of rotatable bonds is 3. The van der Waals surface area contributed by atoms with Crippen molar-refractivity contribution in [2.24, 2.45) is 5.92 Å². The molecule has 3 rings (SSSR count). The second kappa shape index (κ2) is 7.43. The van der Waals surface area contributed by atoms with Crippen LogP contribution in [0.4, 0.5) is 0 Å². The summed E-state index contributed by atoms with van der Waals surface area (Å²) >= 11 is 0. The van der Waals surface area contributed by atoms with Crippen molar-refractivity contribution in [3.05, 3.63) is 0 Å². The van der Waals surface area contributed by atoms with Gasteiger partial charge in [0, 0.05) is 18.1 Å². The Balaban J connectivity index is 1.44. The van der Waals surface area contributed by atoms with Gasteiger partial charge in [0.2, 0.25) is 0 Å². The fourth-order valence-corrected chi connectivity index (χ4v) is 4.85. The van der Waals surface area contributed by atoms with E-state index in [0.717, 1.165) is 18.4 Å². The van der Waals surface area contributed by atoms with Crippen LogP contribution in [-0.2, 0) is 0 Å². The topological polar surface area (TPSA) is 35.5 Å². The Morgan fingerprint density at radius 3 is 2.24 bits per heavy atom. The third-order valence-electron chi connectivity index (χ3n) is 6.24. The van der Waals surface area contributed by atoms with Crippen LogP contribution in [0.1, 0.15) is 71.1 Å². The molecular formula is C18H34N2O. The van der Waals surface area contributed by atoms with E-state index in [-0.39, 0.29) is 6.10 Å². The maximum Gasteiger partial charge on any atom is 0.0693 e. The van der Waals surface area contributed by atoms with E-state index < -0.39 is 0 Å². The lowest BCUT2D eigenvalue weighted by molar-refractivity contribution is 0.0573. The molecule has 3 heteroatoms. The maximum absolute atomic E-state index is 10.1. The molecule has 0 aromatic heterocycles. The molecule has 0 bridgehead atoms. The molecule has 2 aliphatic carbocycles. The predicted octanol–water partition coefficient (Wildman–Crippen LogP) is 2.92. The van der Waals surface area contributed by atoms with E-state index >= 15 is 0 Å². The van der Waals surface area contributed by atoms with Crippen LogP contribution >= 0.6 is 0 Å². The fraction of sp³-hybridized carbons (Fsp3) is 1.00. The normalized spacial score (nSPS) is 40.3. The van der Waals surface area contributed by atoms with Gasteiger partial charge in [-0.1, -0.05) is 32.6 Å². The van der Waals surface area contributed by atoms with Gasteiger partial charge in [-0.15, -0.1) is 0 Å². The number of nitrogens with zero attached hydrogens (tertiary/aromatic N) is 1.